The highest BCUT2D eigenvalue weighted by atomic mass is 16.5. The second-order valence-corrected chi connectivity index (χ2v) is 7.48. The Balaban J connectivity index is 1.69. The maximum Gasteiger partial charge on any atom is 0.196 e. The van der Waals surface area contributed by atoms with Gasteiger partial charge in [-0.25, -0.2) is 4.98 Å². The fraction of sp³-hybridized carbons (Fsp3) is 0.273. The van der Waals surface area contributed by atoms with Crippen LogP contribution in [0.2, 0.25) is 0 Å². The number of hydrogen-bond acceptors (Lipinski definition) is 6. The molecule has 0 unspecified atom stereocenters. The third kappa shape index (κ3) is 2.43. The lowest BCUT2D eigenvalue weighted by atomic mass is 9.72. The van der Waals surface area contributed by atoms with Gasteiger partial charge in [-0.1, -0.05) is 12.1 Å². The SMILES string of the molecule is COc1cc(OC)cc(N2C(N)=C(c3nc4ccccc4[nH]3)C(=O)C23CCC3)c1. The van der Waals surface area contributed by atoms with Gasteiger partial charge in [0.25, 0.3) is 0 Å². The van der Waals surface area contributed by atoms with Crippen molar-refractivity contribution in [3.05, 3.63) is 54.1 Å². The van der Waals surface area contributed by atoms with Crippen LogP contribution < -0.4 is 20.1 Å². The number of nitrogens with zero attached hydrogens (tertiary/aromatic N) is 2. The molecule has 1 spiro atoms. The molecule has 5 rings (SSSR count). The van der Waals surface area contributed by atoms with Crippen molar-refractivity contribution < 1.29 is 14.3 Å². The number of Topliss-reactive ketones (excluding diaryl/α,β-unsaturated/α-hetero) is 1. The number of para-hydroxylation sites is 2. The van der Waals surface area contributed by atoms with Gasteiger partial charge in [0, 0.05) is 18.2 Å². The van der Waals surface area contributed by atoms with Crippen molar-refractivity contribution in [3.63, 3.8) is 0 Å². The third-order valence-corrected chi connectivity index (χ3v) is 5.98. The van der Waals surface area contributed by atoms with Crippen LogP contribution in [0, 0.1) is 0 Å². The van der Waals surface area contributed by atoms with E-state index in [-0.39, 0.29) is 5.78 Å². The Bertz CT molecular complexity index is 1100. The number of carbonyl (C=O) groups is 1. The molecule has 3 aromatic rings. The van der Waals surface area contributed by atoms with Gasteiger partial charge in [-0.15, -0.1) is 0 Å². The number of carbonyl (C=O) groups excluding carboxylic acids is 1. The molecular weight excluding hydrogens is 368 g/mol. The molecule has 7 heteroatoms. The molecule has 148 valence electrons. The first-order chi connectivity index (χ1) is 14.1. The predicted molar refractivity (Wildman–Crippen MR) is 111 cm³/mol. The molecule has 0 saturated heterocycles. The molecule has 0 bridgehead atoms. The van der Waals surface area contributed by atoms with Gasteiger partial charge in [0.1, 0.15) is 34.3 Å². The first kappa shape index (κ1) is 17.6. The van der Waals surface area contributed by atoms with Crippen molar-refractivity contribution >= 4 is 28.1 Å². The van der Waals surface area contributed by atoms with E-state index < -0.39 is 5.54 Å². The molecule has 0 amide bonds. The molecular formula is C22H22N4O3. The average Bonchev–Trinajstić information content (AvgIpc) is 3.22. The molecule has 2 aliphatic rings. The zero-order chi connectivity index (χ0) is 20.2. The van der Waals surface area contributed by atoms with E-state index in [1.807, 2.05) is 41.3 Å². The van der Waals surface area contributed by atoms with Gasteiger partial charge in [-0.05, 0) is 31.4 Å². The summed E-state index contributed by atoms with van der Waals surface area (Å²) in [6.07, 6.45) is 2.47. The number of aromatic amines is 1. The highest BCUT2D eigenvalue weighted by Gasteiger charge is 2.57. The van der Waals surface area contributed by atoms with Crippen LogP contribution in [-0.2, 0) is 4.79 Å². The van der Waals surface area contributed by atoms with E-state index in [9.17, 15) is 4.79 Å². The zero-order valence-corrected chi connectivity index (χ0v) is 16.4. The Labute approximate surface area is 168 Å². The van der Waals surface area contributed by atoms with Crippen LogP contribution in [0.25, 0.3) is 16.6 Å². The third-order valence-electron chi connectivity index (χ3n) is 5.98. The number of H-pyrrole nitrogens is 1. The number of anilines is 1. The number of ketones is 1. The Hall–Kier alpha value is -3.48. The van der Waals surface area contributed by atoms with Crippen LogP contribution in [0.4, 0.5) is 5.69 Å². The van der Waals surface area contributed by atoms with E-state index in [0.29, 0.717) is 28.7 Å². The van der Waals surface area contributed by atoms with E-state index in [1.165, 1.54) is 0 Å². The van der Waals surface area contributed by atoms with Gasteiger partial charge in [0.2, 0.25) is 0 Å². The summed E-state index contributed by atoms with van der Waals surface area (Å²) >= 11 is 0. The lowest BCUT2D eigenvalue weighted by molar-refractivity contribution is -0.120. The molecule has 1 aliphatic carbocycles. The van der Waals surface area contributed by atoms with Crippen molar-refractivity contribution in [2.75, 3.05) is 19.1 Å². The second-order valence-electron chi connectivity index (χ2n) is 7.48. The minimum atomic E-state index is -0.671. The van der Waals surface area contributed by atoms with Gasteiger partial charge in [-0.3, -0.25) is 4.79 Å². The zero-order valence-electron chi connectivity index (χ0n) is 16.4. The fourth-order valence-corrected chi connectivity index (χ4v) is 4.36. The lowest BCUT2D eigenvalue weighted by Crippen LogP contribution is -2.55. The number of fused-ring (bicyclic) bond motifs is 1. The molecule has 1 aliphatic heterocycles. The lowest BCUT2D eigenvalue weighted by Gasteiger charge is -2.45. The average molecular weight is 390 g/mol. The van der Waals surface area contributed by atoms with E-state index in [0.717, 1.165) is 36.0 Å². The molecule has 2 aromatic carbocycles. The molecule has 0 atom stereocenters. The van der Waals surface area contributed by atoms with Gasteiger partial charge in [-0.2, -0.15) is 0 Å². The normalized spacial score (nSPS) is 17.9. The number of nitrogens with two attached hydrogens (primary N) is 1. The van der Waals surface area contributed by atoms with Crippen LogP contribution in [0.5, 0.6) is 11.5 Å². The Kier molecular flexibility index (Phi) is 3.81. The summed E-state index contributed by atoms with van der Waals surface area (Å²) in [5.41, 5.74) is 8.84. The van der Waals surface area contributed by atoms with Gasteiger partial charge < -0.3 is 25.1 Å². The molecule has 1 fully saturated rings. The molecule has 29 heavy (non-hydrogen) atoms. The van der Waals surface area contributed by atoms with Crippen LogP contribution in [0.15, 0.2) is 48.3 Å². The van der Waals surface area contributed by atoms with E-state index >= 15 is 0 Å². The minimum absolute atomic E-state index is 0.0158. The summed E-state index contributed by atoms with van der Waals surface area (Å²) in [7, 11) is 3.21. The molecule has 3 N–H and O–H groups in total. The molecule has 7 nitrogen and oxygen atoms in total. The minimum Gasteiger partial charge on any atom is -0.497 e. The van der Waals surface area contributed by atoms with Gasteiger partial charge in [0.15, 0.2) is 5.78 Å². The number of methoxy groups -OCH3 is 2. The van der Waals surface area contributed by atoms with Gasteiger partial charge >= 0.3 is 0 Å². The van der Waals surface area contributed by atoms with Crippen LogP contribution in [0.1, 0.15) is 25.1 Å². The smallest absolute Gasteiger partial charge is 0.196 e. The van der Waals surface area contributed by atoms with Crippen molar-refractivity contribution in [2.24, 2.45) is 5.73 Å². The van der Waals surface area contributed by atoms with Crippen molar-refractivity contribution in [1.82, 2.24) is 9.97 Å². The number of imidazole rings is 1. The Morgan fingerprint density at radius 3 is 2.38 bits per heavy atom. The molecule has 1 aromatic heterocycles. The highest BCUT2D eigenvalue weighted by Crippen LogP contribution is 2.51. The summed E-state index contributed by atoms with van der Waals surface area (Å²) < 4.78 is 10.8. The Morgan fingerprint density at radius 2 is 1.79 bits per heavy atom. The summed E-state index contributed by atoms with van der Waals surface area (Å²) in [5, 5.41) is 0. The van der Waals surface area contributed by atoms with Crippen LogP contribution in [0.3, 0.4) is 0 Å². The fourth-order valence-electron chi connectivity index (χ4n) is 4.36. The summed E-state index contributed by atoms with van der Waals surface area (Å²) in [5.74, 6) is 2.22. The van der Waals surface area contributed by atoms with Crippen molar-refractivity contribution in [2.45, 2.75) is 24.8 Å². The first-order valence-electron chi connectivity index (χ1n) is 9.60. The van der Waals surface area contributed by atoms with Crippen LogP contribution in [-0.4, -0.2) is 35.5 Å². The monoisotopic (exact) mass is 390 g/mol. The molecule has 2 heterocycles. The molecule has 0 radical (unpaired) electrons. The van der Waals surface area contributed by atoms with E-state index in [2.05, 4.69) is 9.97 Å². The summed E-state index contributed by atoms with van der Waals surface area (Å²) in [6.45, 7) is 0. The number of rotatable bonds is 4. The number of nitrogens with one attached hydrogen (secondary N) is 1. The largest absolute Gasteiger partial charge is 0.497 e. The molecule has 1 saturated carbocycles. The maximum atomic E-state index is 13.6. The first-order valence-corrected chi connectivity index (χ1v) is 9.60. The quantitative estimate of drug-likeness (QED) is 0.710. The van der Waals surface area contributed by atoms with Gasteiger partial charge in [0.05, 0.1) is 30.9 Å². The summed E-state index contributed by atoms with van der Waals surface area (Å²) in [6, 6.07) is 13.3. The predicted octanol–water partition coefficient (Wildman–Crippen LogP) is 3.22. The Morgan fingerprint density at radius 1 is 1.10 bits per heavy atom. The number of hydrogen-bond donors (Lipinski definition) is 2. The summed E-state index contributed by atoms with van der Waals surface area (Å²) in [4.78, 5) is 23.4. The standard InChI is InChI=1S/C22H22N4O3/c1-28-14-10-13(11-15(12-14)29-2)26-20(23)18(19(27)22(26)8-5-9-22)21-24-16-6-3-4-7-17(16)25-21/h3-4,6-7,10-12H,5,8-9,23H2,1-2H3,(H,24,25). The van der Waals surface area contributed by atoms with E-state index in [1.54, 1.807) is 20.3 Å². The maximum absolute atomic E-state index is 13.6. The number of benzene rings is 2. The highest BCUT2D eigenvalue weighted by molar-refractivity contribution is 6.30. The number of ether oxygens (including phenoxy) is 2. The number of aromatic nitrogens is 2. The van der Waals surface area contributed by atoms with Crippen molar-refractivity contribution in [1.29, 1.82) is 0 Å². The van der Waals surface area contributed by atoms with Crippen LogP contribution >= 0.6 is 0 Å². The van der Waals surface area contributed by atoms with Crippen molar-refractivity contribution in [3.8, 4) is 11.5 Å². The topological polar surface area (TPSA) is 93.5 Å². The van der Waals surface area contributed by atoms with E-state index in [4.69, 9.17) is 15.2 Å². The second kappa shape index (κ2) is 6.27.